The summed E-state index contributed by atoms with van der Waals surface area (Å²) in [6.07, 6.45) is 4.09. The van der Waals surface area contributed by atoms with Gasteiger partial charge in [0.15, 0.2) is 0 Å². The molecule has 2 aromatic rings. The second kappa shape index (κ2) is 7.42. The summed E-state index contributed by atoms with van der Waals surface area (Å²) in [5.74, 6) is -0.296. The van der Waals surface area contributed by atoms with Gasteiger partial charge in [-0.25, -0.2) is 0 Å². The number of hydrogen-bond acceptors (Lipinski definition) is 4. The van der Waals surface area contributed by atoms with Gasteiger partial charge in [0.2, 0.25) is 11.8 Å². The molecule has 4 nitrogen and oxygen atoms in total. The summed E-state index contributed by atoms with van der Waals surface area (Å²) in [6, 6.07) is 4.01. The van der Waals surface area contributed by atoms with E-state index in [0.29, 0.717) is 6.54 Å². The lowest BCUT2D eigenvalue weighted by molar-refractivity contribution is -0.132. The maximum absolute atomic E-state index is 12.2. The summed E-state index contributed by atoms with van der Waals surface area (Å²) in [4.78, 5) is 27.2. The third kappa shape index (κ3) is 4.31. The van der Waals surface area contributed by atoms with Crippen molar-refractivity contribution in [3.05, 3.63) is 48.8 Å². The van der Waals surface area contributed by atoms with Crippen LogP contribution in [0.15, 0.2) is 32.8 Å². The number of carbonyl (C=O) groups excluding carboxylic acids is 2. The topological polar surface area (TPSA) is 49.4 Å². The predicted molar refractivity (Wildman–Crippen MR) is 97.5 cm³/mol. The quantitative estimate of drug-likeness (QED) is 0.786. The van der Waals surface area contributed by atoms with Gasteiger partial charge >= 0.3 is 0 Å². The number of thiophene rings is 2. The molecule has 1 aliphatic rings. The van der Waals surface area contributed by atoms with Crippen molar-refractivity contribution in [2.75, 3.05) is 13.1 Å². The minimum absolute atomic E-state index is 0.0377. The molecule has 3 rings (SSSR count). The van der Waals surface area contributed by atoms with Gasteiger partial charge in [-0.05, 0) is 62.4 Å². The Hall–Kier alpha value is -1.44. The Morgan fingerprint density at radius 3 is 3.04 bits per heavy atom. The molecule has 2 amide bonds. The summed E-state index contributed by atoms with van der Waals surface area (Å²) < 4.78 is 1.02. The first-order valence-electron chi connectivity index (χ1n) is 7.15. The van der Waals surface area contributed by atoms with Crippen LogP contribution < -0.4 is 5.32 Å². The van der Waals surface area contributed by atoms with Gasteiger partial charge in [-0.1, -0.05) is 0 Å². The van der Waals surface area contributed by atoms with Gasteiger partial charge in [0.25, 0.3) is 0 Å². The zero-order valence-electron chi connectivity index (χ0n) is 12.3. The molecule has 0 radical (unpaired) electrons. The fourth-order valence-corrected chi connectivity index (χ4v) is 4.41. The molecule has 23 heavy (non-hydrogen) atoms. The van der Waals surface area contributed by atoms with Crippen LogP contribution in [-0.2, 0) is 22.6 Å². The van der Waals surface area contributed by atoms with E-state index >= 15 is 0 Å². The van der Waals surface area contributed by atoms with E-state index < -0.39 is 0 Å². The van der Waals surface area contributed by atoms with Gasteiger partial charge in [-0.2, -0.15) is 0 Å². The van der Waals surface area contributed by atoms with Gasteiger partial charge in [0.05, 0.1) is 10.3 Å². The smallest absolute Gasteiger partial charge is 0.244 e. The van der Waals surface area contributed by atoms with Crippen molar-refractivity contribution in [2.24, 2.45) is 0 Å². The standard InChI is InChI=1S/C16H15BrN2O2S2/c17-14-7-11(10-23-14)1-2-15(20)18-8-16(21)19-5-3-13-12(9-19)4-6-22-13/h1-2,4,6-7,10H,3,5,8-9H2,(H,18,20). The molecular weight excluding hydrogens is 396 g/mol. The number of hydrogen-bond donors (Lipinski definition) is 1. The van der Waals surface area contributed by atoms with Crippen LogP contribution in [0.25, 0.3) is 6.08 Å². The number of nitrogens with zero attached hydrogens (tertiary/aromatic N) is 1. The number of fused-ring (bicyclic) bond motifs is 1. The van der Waals surface area contributed by atoms with E-state index in [1.165, 1.54) is 16.5 Å². The molecule has 0 fully saturated rings. The Labute approximate surface area is 150 Å². The van der Waals surface area contributed by atoms with Gasteiger partial charge in [-0.3, -0.25) is 9.59 Å². The minimum atomic E-state index is -0.256. The molecule has 0 saturated carbocycles. The highest BCUT2D eigenvalue weighted by Gasteiger charge is 2.21. The van der Waals surface area contributed by atoms with Crippen LogP contribution in [0.2, 0.25) is 0 Å². The summed E-state index contributed by atoms with van der Waals surface area (Å²) >= 11 is 6.68. The average molecular weight is 411 g/mol. The molecule has 3 heterocycles. The van der Waals surface area contributed by atoms with E-state index in [1.807, 2.05) is 11.4 Å². The largest absolute Gasteiger partial charge is 0.343 e. The molecule has 0 aliphatic carbocycles. The van der Waals surface area contributed by atoms with E-state index in [0.717, 1.165) is 22.3 Å². The van der Waals surface area contributed by atoms with E-state index in [1.54, 1.807) is 33.6 Å². The van der Waals surface area contributed by atoms with Crippen LogP contribution in [0.1, 0.15) is 16.0 Å². The number of amides is 2. The Morgan fingerprint density at radius 2 is 2.26 bits per heavy atom. The first-order valence-corrected chi connectivity index (χ1v) is 9.70. The lowest BCUT2D eigenvalue weighted by Gasteiger charge is -2.27. The van der Waals surface area contributed by atoms with E-state index in [9.17, 15) is 9.59 Å². The minimum Gasteiger partial charge on any atom is -0.343 e. The molecule has 2 aromatic heterocycles. The summed E-state index contributed by atoms with van der Waals surface area (Å²) in [7, 11) is 0. The Bertz CT molecular complexity index is 751. The zero-order valence-corrected chi connectivity index (χ0v) is 15.5. The molecule has 0 spiro atoms. The Balaban J connectivity index is 1.47. The first-order chi connectivity index (χ1) is 11.1. The lowest BCUT2D eigenvalue weighted by atomic mass is 10.1. The predicted octanol–water partition coefficient (Wildman–Crippen LogP) is 3.29. The highest BCUT2D eigenvalue weighted by molar-refractivity contribution is 9.11. The van der Waals surface area contributed by atoms with Crippen molar-refractivity contribution in [2.45, 2.75) is 13.0 Å². The average Bonchev–Trinajstić information content (AvgIpc) is 3.18. The Morgan fingerprint density at radius 1 is 1.39 bits per heavy atom. The monoisotopic (exact) mass is 410 g/mol. The molecule has 0 atom stereocenters. The first kappa shape index (κ1) is 16.4. The van der Waals surface area contributed by atoms with E-state index in [2.05, 4.69) is 32.7 Å². The van der Waals surface area contributed by atoms with Gasteiger partial charge in [0, 0.05) is 24.0 Å². The normalized spacial score (nSPS) is 14.0. The van der Waals surface area contributed by atoms with Crippen molar-refractivity contribution in [1.82, 2.24) is 10.2 Å². The summed E-state index contributed by atoms with van der Waals surface area (Å²) in [5.41, 5.74) is 2.19. The molecular formula is C16H15BrN2O2S2. The van der Waals surface area contributed by atoms with Gasteiger partial charge in [0.1, 0.15) is 0 Å². The van der Waals surface area contributed by atoms with Crippen LogP contribution in [0.4, 0.5) is 0 Å². The maximum Gasteiger partial charge on any atom is 0.244 e. The van der Waals surface area contributed by atoms with Crippen molar-refractivity contribution in [1.29, 1.82) is 0 Å². The second-order valence-electron chi connectivity index (χ2n) is 5.17. The molecule has 0 saturated heterocycles. The molecule has 7 heteroatoms. The van der Waals surface area contributed by atoms with Crippen molar-refractivity contribution < 1.29 is 9.59 Å². The third-order valence-electron chi connectivity index (χ3n) is 3.59. The molecule has 0 bridgehead atoms. The van der Waals surface area contributed by atoms with Crippen LogP contribution in [-0.4, -0.2) is 29.8 Å². The molecule has 1 aliphatic heterocycles. The molecule has 0 aromatic carbocycles. The van der Waals surface area contributed by atoms with Gasteiger partial charge in [-0.15, -0.1) is 22.7 Å². The highest BCUT2D eigenvalue weighted by atomic mass is 79.9. The van der Waals surface area contributed by atoms with Crippen LogP contribution in [0, 0.1) is 0 Å². The fourth-order valence-electron chi connectivity index (χ4n) is 2.38. The highest BCUT2D eigenvalue weighted by Crippen LogP contribution is 2.24. The number of nitrogens with one attached hydrogen (secondary N) is 1. The summed E-state index contributed by atoms with van der Waals surface area (Å²) in [5, 5.41) is 6.67. The van der Waals surface area contributed by atoms with Crippen LogP contribution >= 0.6 is 38.6 Å². The second-order valence-corrected chi connectivity index (χ2v) is 8.46. The fraction of sp³-hybridized carbons (Fsp3) is 0.250. The molecule has 120 valence electrons. The van der Waals surface area contributed by atoms with E-state index in [-0.39, 0.29) is 18.4 Å². The van der Waals surface area contributed by atoms with Crippen molar-refractivity contribution in [3.8, 4) is 0 Å². The maximum atomic E-state index is 12.2. The molecule has 1 N–H and O–H groups in total. The van der Waals surface area contributed by atoms with Crippen LogP contribution in [0.5, 0.6) is 0 Å². The number of halogens is 1. The van der Waals surface area contributed by atoms with Crippen LogP contribution in [0.3, 0.4) is 0 Å². The Kier molecular flexibility index (Phi) is 5.30. The SMILES string of the molecule is O=C(C=Cc1csc(Br)c1)NCC(=O)N1CCc2sccc2C1. The zero-order chi connectivity index (χ0) is 16.2. The number of rotatable bonds is 4. The van der Waals surface area contributed by atoms with Gasteiger partial charge < -0.3 is 10.2 Å². The van der Waals surface area contributed by atoms with Crippen molar-refractivity contribution >= 4 is 56.5 Å². The number of carbonyl (C=O) groups is 2. The summed E-state index contributed by atoms with van der Waals surface area (Å²) in [6.45, 7) is 1.41. The lowest BCUT2D eigenvalue weighted by Crippen LogP contribution is -2.41. The molecule has 0 unspecified atom stereocenters. The third-order valence-corrected chi connectivity index (χ3v) is 6.13. The van der Waals surface area contributed by atoms with E-state index in [4.69, 9.17) is 0 Å². The van der Waals surface area contributed by atoms with Crippen molar-refractivity contribution in [3.63, 3.8) is 0 Å².